The highest BCUT2D eigenvalue weighted by Gasteiger charge is 2.19. The maximum Gasteiger partial charge on any atom is 0.274 e. The van der Waals surface area contributed by atoms with Gasteiger partial charge in [-0.2, -0.15) is 0 Å². The van der Waals surface area contributed by atoms with Crippen LogP contribution in [0.15, 0.2) is 24.5 Å². The normalized spacial score (nSPS) is 16.6. The van der Waals surface area contributed by atoms with Crippen molar-refractivity contribution < 1.29 is 9.18 Å². The average molecular weight is 261 g/mol. The fourth-order valence-electron chi connectivity index (χ4n) is 2.50. The number of imidazole rings is 1. The molecule has 1 amide bonds. The van der Waals surface area contributed by atoms with Crippen molar-refractivity contribution in [2.24, 2.45) is 0 Å². The average Bonchev–Trinajstić information content (AvgIpc) is 2.64. The van der Waals surface area contributed by atoms with Gasteiger partial charge in [0.25, 0.3) is 5.91 Å². The van der Waals surface area contributed by atoms with E-state index < -0.39 is 0 Å². The van der Waals surface area contributed by atoms with Gasteiger partial charge in [0, 0.05) is 25.5 Å². The van der Waals surface area contributed by atoms with Crippen molar-refractivity contribution in [1.82, 2.24) is 14.3 Å². The van der Waals surface area contributed by atoms with Gasteiger partial charge in [-0.05, 0) is 25.0 Å². The van der Waals surface area contributed by atoms with Crippen molar-refractivity contribution in [3.63, 3.8) is 0 Å². The molecule has 3 heterocycles. The molecule has 0 radical (unpaired) electrons. The summed E-state index contributed by atoms with van der Waals surface area (Å²) in [5, 5.41) is 0. The van der Waals surface area contributed by atoms with E-state index in [-0.39, 0.29) is 11.7 Å². The van der Waals surface area contributed by atoms with Crippen LogP contribution in [0.4, 0.5) is 4.39 Å². The monoisotopic (exact) mass is 261 g/mol. The van der Waals surface area contributed by atoms with Crippen LogP contribution >= 0.6 is 0 Å². The van der Waals surface area contributed by atoms with Gasteiger partial charge < -0.3 is 9.30 Å². The highest BCUT2D eigenvalue weighted by Crippen LogP contribution is 2.14. The van der Waals surface area contributed by atoms with Crippen LogP contribution in [0.2, 0.25) is 0 Å². The van der Waals surface area contributed by atoms with E-state index in [2.05, 4.69) is 4.98 Å². The molecule has 0 atom stereocenters. The third kappa shape index (κ3) is 2.45. The molecule has 0 aromatic carbocycles. The van der Waals surface area contributed by atoms with E-state index in [9.17, 15) is 9.18 Å². The number of hydrogen-bond donors (Lipinski definition) is 0. The van der Waals surface area contributed by atoms with E-state index in [0.29, 0.717) is 11.3 Å². The molecule has 0 spiro atoms. The number of carbonyl (C=O) groups excluding carboxylic acids is 1. The lowest BCUT2D eigenvalue weighted by atomic mass is 10.2. The molecule has 2 aromatic heterocycles. The van der Waals surface area contributed by atoms with Crippen LogP contribution in [0.25, 0.3) is 5.65 Å². The number of fused-ring (bicyclic) bond motifs is 1. The molecular weight excluding hydrogens is 245 g/mol. The first-order valence-corrected chi connectivity index (χ1v) is 6.67. The maximum absolute atomic E-state index is 13.1. The topological polar surface area (TPSA) is 37.6 Å². The number of hydrogen-bond acceptors (Lipinski definition) is 2. The minimum Gasteiger partial charge on any atom is -0.337 e. The van der Waals surface area contributed by atoms with Gasteiger partial charge in [0.05, 0.1) is 0 Å². The number of nitrogens with zero attached hydrogens (tertiary/aromatic N) is 3. The van der Waals surface area contributed by atoms with Crippen LogP contribution < -0.4 is 0 Å². The molecule has 19 heavy (non-hydrogen) atoms. The Bertz CT molecular complexity index is 600. The molecule has 1 aliphatic rings. The van der Waals surface area contributed by atoms with Crippen molar-refractivity contribution in [3.05, 3.63) is 36.0 Å². The Morgan fingerprint density at radius 2 is 1.84 bits per heavy atom. The summed E-state index contributed by atoms with van der Waals surface area (Å²) in [5.41, 5.74) is 0.993. The fourth-order valence-corrected chi connectivity index (χ4v) is 2.50. The Balaban J connectivity index is 1.88. The Morgan fingerprint density at radius 1 is 1.11 bits per heavy atom. The van der Waals surface area contributed by atoms with E-state index in [1.165, 1.54) is 25.1 Å². The van der Waals surface area contributed by atoms with Crippen LogP contribution in [0.1, 0.15) is 36.2 Å². The highest BCUT2D eigenvalue weighted by molar-refractivity contribution is 5.92. The number of aromatic nitrogens is 2. The molecule has 5 heteroatoms. The van der Waals surface area contributed by atoms with Gasteiger partial charge >= 0.3 is 0 Å². The second-order valence-electron chi connectivity index (χ2n) is 4.95. The van der Waals surface area contributed by atoms with Gasteiger partial charge in [-0.15, -0.1) is 0 Å². The van der Waals surface area contributed by atoms with Crippen LogP contribution in [-0.2, 0) is 0 Å². The van der Waals surface area contributed by atoms with Gasteiger partial charge in [0.1, 0.15) is 17.2 Å². The number of pyridine rings is 1. The van der Waals surface area contributed by atoms with Crippen LogP contribution in [0.3, 0.4) is 0 Å². The summed E-state index contributed by atoms with van der Waals surface area (Å²) in [6, 6.07) is 2.93. The Labute approximate surface area is 110 Å². The lowest BCUT2D eigenvalue weighted by Crippen LogP contribution is -2.32. The summed E-state index contributed by atoms with van der Waals surface area (Å²) >= 11 is 0. The lowest BCUT2D eigenvalue weighted by molar-refractivity contribution is 0.0756. The highest BCUT2D eigenvalue weighted by atomic mass is 19.1. The molecule has 0 saturated carbocycles. The standard InChI is InChI=1S/C14H16FN3O/c15-11-5-6-13-16-12(10-18(13)9-11)14(19)17-7-3-1-2-4-8-17/h5-6,9-10H,1-4,7-8H2. The van der Waals surface area contributed by atoms with Crippen molar-refractivity contribution in [3.8, 4) is 0 Å². The predicted molar refractivity (Wildman–Crippen MR) is 69.5 cm³/mol. The second kappa shape index (κ2) is 4.99. The fraction of sp³-hybridized carbons (Fsp3) is 0.429. The van der Waals surface area contributed by atoms with Crippen LogP contribution in [0.5, 0.6) is 0 Å². The molecule has 4 nitrogen and oxygen atoms in total. The van der Waals surface area contributed by atoms with Gasteiger partial charge in [-0.25, -0.2) is 9.37 Å². The third-order valence-corrected chi connectivity index (χ3v) is 3.53. The molecule has 1 fully saturated rings. The Morgan fingerprint density at radius 3 is 2.58 bits per heavy atom. The summed E-state index contributed by atoms with van der Waals surface area (Å²) < 4.78 is 14.7. The van der Waals surface area contributed by atoms with Crippen molar-refractivity contribution >= 4 is 11.6 Å². The summed E-state index contributed by atoms with van der Waals surface area (Å²) in [6.07, 6.45) is 7.40. The maximum atomic E-state index is 13.1. The first-order chi connectivity index (χ1) is 9.24. The Kier molecular flexibility index (Phi) is 3.19. The van der Waals surface area contributed by atoms with E-state index in [0.717, 1.165) is 25.9 Å². The zero-order valence-corrected chi connectivity index (χ0v) is 10.7. The van der Waals surface area contributed by atoms with Gasteiger partial charge in [-0.3, -0.25) is 4.79 Å². The molecular formula is C14H16FN3O. The quantitative estimate of drug-likeness (QED) is 0.791. The van der Waals surface area contributed by atoms with Gasteiger partial charge in [0.2, 0.25) is 0 Å². The minimum atomic E-state index is -0.335. The number of amides is 1. The first-order valence-electron chi connectivity index (χ1n) is 6.67. The summed E-state index contributed by atoms with van der Waals surface area (Å²) in [4.78, 5) is 18.5. The van der Waals surface area contributed by atoms with Gasteiger partial charge in [0.15, 0.2) is 0 Å². The molecule has 0 aliphatic carbocycles. The number of likely N-dealkylation sites (tertiary alicyclic amines) is 1. The molecule has 1 saturated heterocycles. The number of halogens is 1. The van der Waals surface area contributed by atoms with E-state index in [1.807, 2.05) is 4.90 Å². The van der Waals surface area contributed by atoms with Crippen molar-refractivity contribution in [2.45, 2.75) is 25.7 Å². The van der Waals surface area contributed by atoms with E-state index in [1.54, 1.807) is 16.7 Å². The first kappa shape index (κ1) is 12.1. The molecule has 2 aromatic rings. The SMILES string of the molecule is O=C(c1cn2cc(F)ccc2n1)N1CCCCCC1. The zero-order chi connectivity index (χ0) is 13.2. The largest absolute Gasteiger partial charge is 0.337 e. The smallest absolute Gasteiger partial charge is 0.274 e. The Hall–Kier alpha value is -1.91. The summed E-state index contributed by atoms with van der Waals surface area (Å²) in [5.74, 6) is -0.385. The number of carbonyl (C=O) groups is 1. The van der Waals surface area contributed by atoms with Crippen molar-refractivity contribution in [2.75, 3.05) is 13.1 Å². The molecule has 0 unspecified atom stereocenters. The molecule has 0 bridgehead atoms. The van der Waals surface area contributed by atoms with Crippen LogP contribution in [-0.4, -0.2) is 33.3 Å². The third-order valence-electron chi connectivity index (χ3n) is 3.53. The van der Waals surface area contributed by atoms with Gasteiger partial charge in [-0.1, -0.05) is 12.8 Å². The molecule has 1 aliphatic heterocycles. The molecule has 0 N–H and O–H groups in total. The predicted octanol–water partition coefficient (Wildman–Crippen LogP) is 2.49. The zero-order valence-electron chi connectivity index (χ0n) is 10.7. The van der Waals surface area contributed by atoms with E-state index in [4.69, 9.17) is 0 Å². The van der Waals surface area contributed by atoms with E-state index >= 15 is 0 Å². The summed E-state index contributed by atoms with van der Waals surface area (Å²) in [7, 11) is 0. The lowest BCUT2D eigenvalue weighted by Gasteiger charge is -2.18. The van der Waals surface area contributed by atoms with Crippen LogP contribution in [0, 0.1) is 5.82 Å². The molecule has 100 valence electrons. The minimum absolute atomic E-state index is 0.0500. The van der Waals surface area contributed by atoms with Crippen molar-refractivity contribution in [1.29, 1.82) is 0 Å². The number of rotatable bonds is 1. The second-order valence-corrected chi connectivity index (χ2v) is 4.95. The summed E-state index contributed by atoms with van der Waals surface area (Å²) in [6.45, 7) is 1.59. The molecule has 3 rings (SSSR count).